The Labute approximate surface area is 92.3 Å². The van der Waals surface area contributed by atoms with Crippen molar-refractivity contribution in [2.45, 2.75) is 46.1 Å². The number of hydrogen-bond donors (Lipinski definition) is 0. The van der Waals surface area contributed by atoms with Crippen molar-refractivity contribution in [3.63, 3.8) is 0 Å². The molecule has 1 nitrogen and oxygen atoms in total. The van der Waals surface area contributed by atoms with Gasteiger partial charge in [0, 0.05) is 12.6 Å². The molecule has 0 unspecified atom stereocenters. The minimum absolute atomic E-state index is 0.787. The van der Waals surface area contributed by atoms with Crippen LogP contribution in [0, 0.1) is 0 Å². The largest absolute Gasteiger partial charge is 0.364 e. The quantitative estimate of drug-likeness (QED) is 0.653. The molecular weight excluding hydrogens is 190 g/mol. The summed E-state index contributed by atoms with van der Waals surface area (Å²) < 4.78 is 0. The first-order chi connectivity index (χ1) is 6.69. The maximum Gasteiger partial charge on any atom is 0.0679 e. The SMILES string of the molecule is C=C(S/C=C(\C)CC)N(CC)C1CC1. The summed E-state index contributed by atoms with van der Waals surface area (Å²) in [5.41, 5.74) is 1.43. The molecule has 14 heavy (non-hydrogen) atoms. The Morgan fingerprint density at radius 2 is 2.14 bits per heavy atom. The molecule has 1 aliphatic carbocycles. The molecule has 0 aromatic rings. The Bertz CT molecular complexity index is 228. The van der Waals surface area contributed by atoms with E-state index < -0.39 is 0 Å². The van der Waals surface area contributed by atoms with Crippen molar-refractivity contribution < 1.29 is 0 Å². The van der Waals surface area contributed by atoms with E-state index in [1.807, 2.05) is 0 Å². The summed E-state index contributed by atoms with van der Waals surface area (Å²) in [6.07, 6.45) is 3.84. The highest BCUT2D eigenvalue weighted by Crippen LogP contribution is 2.33. The van der Waals surface area contributed by atoms with E-state index in [4.69, 9.17) is 0 Å². The first-order valence-corrected chi connectivity index (χ1v) is 6.34. The van der Waals surface area contributed by atoms with E-state index in [9.17, 15) is 0 Å². The van der Waals surface area contributed by atoms with Gasteiger partial charge in [-0.3, -0.25) is 0 Å². The highest BCUT2D eigenvalue weighted by molar-refractivity contribution is 8.05. The second-order valence-corrected chi connectivity index (χ2v) is 4.79. The summed E-state index contributed by atoms with van der Waals surface area (Å²) in [6.45, 7) is 11.8. The molecule has 0 aliphatic heterocycles. The molecule has 0 saturated heterocycles. The van der Waals surface area contributed by atoms with Crippen molar-refractivity contribution >= 4 is 11.8 Å². The van der Waals surface area contributed by atoms with Gasteiger partial charge in [-0.1, -0.05) is 30.8 Å². The lowest BCUT2D eigenvalue weighted by Gasteiger charge is -2.23. The van der Waals surface area contributed by atoms with Crippen LogP contribution in [0.15, 0.2) is 22.6 Å². The molecule has 1 rings (SSSR count). The summed E-state index contributed by atoms with van der Waals surface area (Å²) in [5.74, 6) is 0. The zero-order valence-electron chi connectivity index (χ0n) is 9.55. The van der Waals surface area contributed by atoms with Crippen molar-refractivity contribution in [2.24, 2.45) is 0 Å². The van der Waals surface area contributed by atoms with Crippen molar-refractivity contribution in [1.82, 2.24) is 4.90 Å². The highest BCUT2D eigenvalue weighted by atomic mass is 32.2. The summed E-state index contributed by atoms with van der Waals surface area (Å²) in [7, 11) is 0. The molecule has 0 heterocycles. The molecule has 0 spiro atoms. The molecule has 1 fully saturated rings. The predicted octanol–water partition coefficient (Wildman–Crippen LogP) is 3.99. The number of thioether (sulfide) groups is 1. The van der Waals surface area contributed by atoms with Gasteiger partial charge in [-0.25, -0.2) is 0 Å². The van der Waals surface area contributed by atoms with Gasteiger partial charge in [0.15, 0.2) is 0 Å². The molecular formula is C12H21NS. The van der Waals surface area contributed by atoms with Crippen LogP contribution in [0.2, 0.25) is 0 Å². The lowest BCUT2D eigenvalue weighted by molar-refractivity contribution is 0.378. The number of hydrogen-bond acceptors (Lipinski definition) is 2. The van der Waals surface area contributed by atoms with E-state index in [2.05, 4.69) is 37.7 Å². The zero-order chi connectivity index (χ0) is 10.6. The molecule has 0 bridgehead atoms. The molecule has 0 N–H and O–H groups in total. The maximum absolute atomic E-state index is 4.14. The van der Waals surface area contributed by atoms with Crippen molar-refractivity contribution in [3.05, 3.63) is 22.6 Å². The van der Waals surface area contributed by atoms with Crippen molar-refractivity contribution in [1.29, 1.82) is 0 Å². The van der Waals surface area contributed by atoms with Crippen LogP contribution in [0.1, 0.15) is 40.0 Å². The van der Waals surface area contributed by atoms with Gasteiger partial charge in [0.2, 0.25) is 0 Å². The van der Waals surface area contributed by atoms with Gasteiger partial charge in [0.25, 0.3) is 0 Å². The van der Waals surface area contributed by atoms with Crippen LogP contribution in [0.25, 0.3) is 0 Å². The minimum Gasteiger partial charge on any atom is -0.364 e. The van der Waals surface area contributed by atoms with Crippen molar-refractivity contribution in [2.75, 3.05) is 6.54 Å². The molecule has 0 radical (unpaired) electrons. The van der Waals surface area contributed by atoms with Gasteiger partial charge in [0.1, 0.15) is 0 Å². The summed E-state index contributed by atoms with van der Waals surface area (Å²) >= 11 is 1.78. The number of allylic oxidation sites excluding steroid dienone is 1. The van der Waals surface area contributed by atoms with Crippen LogP contribution in [-0.4, -0.2) is 17.5 Å². The monoisotopic (exact) mass is 211 g/mol. The Balaban J connectivity index is 2.39. The molecule has 80 valence electrons. The maximum atomic E-state index is 4.14. The fourth-order valence-electron chi connectivity index (χ4n) is 1.34. The van der Waals surface area contributed by atoms with Crippen LogP contribution >= 0.6 is 11.8 Å². The lowest BCUT2D eigenvalue weighted by Crippen LogP contribution is -2.22. The van der Waals surface area contributed by atoms with Gasteiger partial charge in [-0.15, -0.1) is 0 Å². The van der Waals surface area contributed by atoms with E-state index in [0.717, 1.165) is 19.0 Å². The molecule has 2 heteroatoms. The normalized spacial score (nSPS) is 16.9. The van der Waals surface area contributed by atoms with E-state index in [1.54, 1.807) is 11.8 Å². The standard InChI is InChI=1S/C12H21NS/c1-5-10(3)9-14-11(4)13(6-2)12-7-8-12/h9,12H,4-8H2,1-3H3/b10-9+. The van der Waals surface area contributed by atoms with Crippen LogP contribution in [-0.2, 0) is 0 Å². The zero-order valence-corrected chi connectivity index (χ0v) is 10.4. The average molecular weight is 211 g/mol. The second kappa shape index (κ2) is 5.50. The molecule has 0 aromatic heterocycles. The number of rotatable bonds is 6. The number of nitrogens with zero attached hydrogens (tertiary/aromatic N) is 1. The molecule has 0 aromatic carbocycles. The van der Waals surface area contributed by atoms with Crippen LogP contribution < -0.4 is 0 Å². The first kappa shape index (κ1) is 11.7. The third-order valence-electron chi connectivity index (χ3n) is 2.60. The Morgan fingerprint density at radius 3 is 2.57 bits per heavy atom. The van der Waals surface area contributed by atoms with Gasteiger partial charge in [-0.2, -0.15) is 0 Å². The smallest absolute Gasteiger partial charge is 0.0679 e. The Morgan fingerprint density at radius 1 is 1.50 bits per heavy atom. The fraction of sp³-hybridized carbons (Fsp3) is 0.667. The van der Waals surface area contributed by atoms with Gasteiger partial charge in [0.05, 0.1) is 5.03 Å². The second-order valence-electron chi connectivity index (χ2n) is 3.85. The fourth-order valence-corrected chi connectivity index (χ4v) is 2.26. The molecule has 0 atom stereocenters. The summed E-state index contributed by atoms with van der Waals surface area (Å²) in [5, 5.41) is 3.44. The Kier molecular flexibility index (Phi) is 4.59. The van der Waals surface area contributed by atoms with E-state index in [0.29, 0.717) is 0 Å². The third-order valence-corrected chi connectivity index (χ3v) is 3.63. The molecule has 1 aliphatic rings. The average Bonchev–Trinajstić information content (AvgIpc) is 2.99. The summed E-state index contributed by atoms with van der Waals surface area (Å²) in [6, 6.07) is 0.787. The van der Waals surface area contributed by atoms with Crippen LogP contribution in [0.3, 0.4) is 0 Å². The molecule has 0 amide bonds. The first-order valence-electron chi connectivity index (χ1n) is 5.46. The third kappa shape index (κ3) is 3.41. The van der Waals surface area contributed by atoms with E-state index in [-0.39, 0.29) is 0 Å². The lowest BCUT2D eigenvalue weighted by atomic mass is 10.3. The van der Waals surface area contributed by atoms with E-state index in [1.165, 1.54) is 23.4 Å². The van der Waals surface area contributed by atoms with Crippen molar-refractivity contribution in [3.8, 4) is 0 Å². The predicted molar refractivity (Wildman–Crippen MR) is 66.2 cm³/mol. The van der Waals surface area contributed by atoms with E-state index >= 15 is 0 Å². The van der Waals surface area contributed by atoms with Crippen LogP contribution in [0.4, 0.5) is 0 Å². The minimum atomic E-state index is 0.787. The topological polar surface area (TPSA) is 3.24 Å². The highest BCUT2D eigenvalue weighted by Gasteiger charge is 2.28. The Hall–Kier alpha value is -0.370. The molecule has 1 saturated carbocycles. The summed E-state index contributed by atoms with van der Waals surface area (Å²) in [4.78, 5) is 2.42. The van der Waals surface area contributed by atoms with Gasteiger partial charge >= 0.3 is 0 Å². The van der Waals surface area contributed by atoms with Crippen LogP contribution in [0.5, 0.6) is 0 Å². The van der Waals surface area contributed by atoms with Gasteiger partial charge in [-0.05, 0) is 38.5 Å². The van der Waals surface area contributed by atoms with Gasteiger partial charge < -0.3 is 4.90 Å².